The van der Waals surface area contributed by atoms with Crippen LogP contribution in [-0.2, 0) is 0 Å². The third-order valence-corrected chi connectivity index (χ3v) is 3.25. The minimum atomic E-state index is 0.280. The Morgan fingerprint density at radius 1 is 1.31 bits per heavy atom. The minimum absolute atomic E-state index is 0.280. The van der Waals surface area contributed by atoms with Crippen molar-refractivity contribution in [2.45, 2.75) is 9.24 Å². The summed E-state index contributed by atoms with van der Waals surface area (Å²) in [4.78, 5) is 0.805. The molecule has 0 radical (unpaired) electrons. The van der Waals surface area contributed by atoms with Crippen LogP contribution in [0.15, 0.2) is 39.0 Å². The first kappa shape index (κ1) is 8.52. The van der Waals surface area contributed by atoms with Crippen LogP contribution in [0.3, 0.4) is 0 Å². The molecule has 2 aromatic rings. The Labute approximate surface area is 83.5 Å². The maximum Gasteiger partial charge on any atom is 0.178 e. The maximum atomic E-state index is 9.44. The molecule has 1 N–H and O–H groups in total. The molecule has 2 rings (SSSR count). The second kappa shape index (κ2) is 3.76. The summed E-state index contributed by atoms with van der Waals surface area (Å²) >= 11 is 2.87. The SMILES string of the molecule is Oc1ccccc1Sc1nncs1. The molecular weight excluding hydrogens is 204 g/mol. The number of phenolic OH excluding ortho intramolecular Hbond substituents is 1. The molecule has 66 valence electrons. The summed E-state index contributed by atoms with van der Waals surface area (Å²) < 4.78 is 0.835. The van der Waals surface area contributed by atoms with Gasteiger partial charge in [0, 0.05) is 0 Å². The Hall–Kier alpha value is -1.07. The highest BCUT2D eigenvalue weighted by molar-refractivity contribution is 8.01. The van der Waals surface area contributed by atoms with Crippen molar-refractivity contribution in [3.05, 3.63) is 29.8 Å². The van der Waals surface area contributed by atoms with Crippen molar-refractivity contribution >= 4 is 23.1 Å². The zero-order valence-electron chi connectivity index (χ0n) is 6.54. The van der Waals surface area contributed by atoms with Crippen molar-refractivity contribution in [2.24, 2.45) is 0 Å². The number of phenols is 1. The topological polar surface area (TPSA) is 46.0 Å². The number of nitrogens with zero attached hydrogens (tertiary/aromatic N) is 2. The van der Waals surface area contributed by atoms with Gasteiger partial charge in [0.15, 0.2) is 4.34 Å². The van der Waals surface area contributed by atoms with E-state index >= 15 is 0 Å². The molecule has 0 fully saturated rings. The number of aromatic nitrogens is 2. The first-order chi connectivity index (χ1) is 6.36. The fourth-order valence-corrected chi connectivity index (χ4v) is 2.31. The van der Waals surface area contributed by atoms with Gasteiger partial charge in [-0.3, -0.25) is 0 Å². The lowest BCUT2D eigenvalue weighted by Crippen LogP contribution is -1.73. The molecule has 1 aromatic heterocycles. The van der Waals surface area contributed by atoms with Crippen LogP contribution in [0.4, 0.5) is 0 Å². The van der Waals surface area contributed by atoms with Gasteiger partial charge in [-0.1, -0.05) is 35.2 Å². The molecule has 0 amide bonds. The van der Waals surface area contributed by atoms with Gasteiger partial charge in [0.2, 0.25) is 0 Å². The molecule has 0 aliphatic carbocycles. The normalized spacial score (nSPS) is 10.2. The molecule has 0 aliphatic rings. The summed E-state index contributed by atoms with van der Waals surface area (Å²) in [7, 11) is 0. The van der Waals surface area contributed by atoms with Gasteiger partial charge in [-0.25, -0.2) is 0 Å². The Bertz CT molecular complexity index is 389. The first-order valence-electron chi connectivity index (χ1n) is 3.58. The lowest BCUT2D eigenvalue weighted by molar-refractivity contribution is 0.462. The summed E-state index contributed by atoms with van der Waals surface area (Å²) in [6.07, 6.45) is 0. The average Bonchev–Trinajstić information content (AvgIpc) is 2.61. The van der Waals surface area contributed by atoms with E-state index in [0.717, 1.165) is 9.24 Å². The van der Waals surface area contributed by atoms with Crippen LogP contribution >= 0.6 is 23.1 Å². The molecule has 1 aromatic carbocycles. The van der Waals surface area contributed by atoms with E-state index in [1.165, 1.54) is 23.1 Å². The van der Waals surface area contributed by atoms with Gasteiger partial charge < -0.3 is 5.11 Å². The summed E-state index contributed by atoms with van der Waals surface area (Å²) in [6, 6.07) is 7.17. The fourth-order valence-electron chi connectivity index (χ4n) is 0.845. The molecule has 0 bridgehead atoms. The van der Waals surface area contributed by atoms with Crippen molar-refractivity contribution in [1.29, 1.82) is 0 Å². The van der Waals surface area contributed by atoms with E-state index in [1.54, 1.807) is 17.6 Å². The molecule has 0 aliphatic heterocycles. The molecule has 0 saturated heterocycles. The van der Waals surface area contributed by atoms with Gasteiger partial charge in [0.25, 0.3) is 0 Å². The molecule has 3 nitrogen and oxygen atoms in total. The highest BCUT2D eigenvalue weighted by Gasteiger charge is 2.03. The summed E-state index contributed by atoms with van der Waals surface area (Å²) in [6.45, 7) is 0. The van der Waals surface area contributed by atoms with Gasteiger partial charge in [-0.2, -0.15) is 0 Å². The number of hydrogen-bond acceptors (Lipinski definition) is 5. The summed E-state index contributed by atoms with van der Waals surface area (Å²) in [5.74, 6) is 0.280. The summed E-state index contributed by atoms with van der Waals surface area (Å²) in [5, 5.41) is 17.0. The Morgan fingerprint density at radius 2 is 2.15 bits per heavy atom. The second-order valence-corrected chi connectivity index (χ2v) is 4.40. The predicted molar refractivity (Wildman–Crippen MR) is 52.1 cm³/mol. The van der Waals surface area contributed by atoms with Crippen molar-refractivity contribution in [3.63, 3.8) is 0 Å². The smallest absolute Gasteiger partial charge is 0.178 e. The first-order valence-corrected chi connectivity index (χ1v) is 5.28. The highest BCUT2D eigenvalue weighted by atomic mass is 32.2. The lowest BCUT2D eigenvalue weighted by atomic mass is 10.3. The molecule has 0 saturated carbocycles. The molecule has 0 spiro atoms. The molecule has 1 heterocycles. The number of benzene rings is 1. The Balaban J connectivity index is 2.24. The molecular formula is C8H6N2OS2. The number of rotatable bonds is 2. The van der Waals surface area contributed by atoms with Crippen molar-refractivity contribution in [2.75, 3.05) is 0 Å². The third-order valence-electron chi connectivity index (χ3n) is 1.40. The number of hydrogen-bond donors (Lipinski definition) is 1. The van der Waals surface area contributed by atoms with Crippen LogP contribution in [0.5, 0.6) is 5.75 Å². The third kappa shape index (κ3) is 1.99. The van der Waals surface area contributed by atoms with E-state index in [2.05, 4.69) is 10.2 Å². The fraction of sp³-hybridized carbons (Fsp3) is 0. The van der Waals surface area contributed by atoms with Crippen molar-refractivity contribution in [3.8, 4) is 5.75 Å². The van der Waals surface area contributed by atoms with Gasteiger partial charge in [-0.15, -0.1) is 10.2 Å². The van der Waals surface area contributed by atoms with Gasteiger partial charge in [0.1, 0.15) is 11.3 Å². The van der Waals surface area contributed by atoms with E-state index in [-0.39, 0.29) is 5.75 Å². The summed E-state index contributed by atoms with van der Waals surface area (Å²) in [5.41, 5.74) is 1.67. The van der Waals surface area contributed by atoms with E-state index < -0.39 is 0 Å². The molecule has 0 atom stereocenters. The Morgan fingerprint density at radius 3 is 2.85 bits per heavy atom. The van der Waals surface area contributed by atoms with Gasteiger partial charge in [-0.05, 0) is 12.1 Å². The van der Waals surface area contributed by atoms with Crippen molar-refractivity contribution < 1.29 is 5.11 Å². The van der Waals surface area contributed by atoms with Gasteiger partial charge in [0.05, 0.1) is 4.90 Å². The van der Waals surface area contributed by atoms with E-state index in [9.17, 15) is 5.11 Å². The van der Waals surface area contributed by atoms with Crippen LogP contribution in [0.2, 0.25) is 0 Å². The zero-order chi connectivity index (χ0) is 9.10. The second-order valence-electron chi connectivity index (χ2n) is 2.27. The van der Waals surface area contributed by atoms with E-state index in [1.807, 2.05) is 12.1 Å². The van der Waals surface area contributed by atoms with Crippen LogP contribution in [0.1, 0.15) is 0 Å². The van der Waals surface area contributed by atoms with Crippen LogP contribution < -0.4 is 0 Å². The largest absolute Gasteiger partial charge is 0.507 e. The quantitative estimate of drug-likeness (QED) is 0.826. The standard InChI is InChI=1S/C8H6N2OS2/c11-6-3-1-2-4-7(6)13-8-10-9-5-12-8/h1-5,11H. The lowest BCUT2D eigenvalue weighted by Gasteiger charge is -1.98. The van der Waals surface area contributed by atoms with Crippen molar-refractivity contribution in [1.82, 2.24) is 10.2 Å². The van der Waals surface area contributed by atoms with Crippen LogP contribution in [0.25, 0.3) is 0 Å². The van der Waals surface area contributed by atoms with Crippen LogP contribution in [-0.4, -0.2) is 15.3 Å². The predicted octanol–water partition coefficient (Wildman–Crippen LogP) is 2.39. The average molecular weight is 210 g/mol. The molecule has 0 unspecified atom stereocenters. The Kier molecular flexibility index (Phi) is 2.47. The molecule has 5 heteroatoms. The molecule has 13 heavy (non-hydrogen) atoms. The number of para-hydroxylation sites is 1. The monoisotopic (exact) mass is 210 g/mol. The van der Waals surface area contributed by atoms with E-state index in [4.69, 9.17) is 0 Å². The minimum Gasteiger partial charge on any atom is -0.507 e. The van der Waals surface area contributed by atoms with Crippen LogP contribution in [0, 0.1) is 0 Å². The zero-order valence-corrected chi connectivity index (χ0v) is 8.18. The highest BCUT2D eigenvalue weighted by Crippen LogP contribution is 2.34. The number of aromatic hydroxyl groups is 1. The van der Waals surface area contributed by atoms with Gasteiger partial charge >= 0.3 is 0 Å². The maximum absolute atomic E-state index is 9.44. The van der Waals surface area contributed by atoms with E-state index in [0.29, 0.717) is 0 Å².